The van der Waals surface area contributed by atoms with Crippen molar-refractivity contribution in [1.29, 1.82) is 5.26 Å². The summed E-state index contributed by atoms with van der Waals surface area (Å²) in [5, 5.41) is 9.30. The Bertz CT molecular complexity index is 919. The fourth-order valence-corrected chi connectivity index (χ4v) is 5.83. The molecule has 0 aromatic heterocycles. The van der Waals surface area contributed by atoms with Crippen LogP contribution in [0, 0.1) is 28.5 Å². The highest BCUT2D eigenvalue weighted by Crippen LogP contribution is 2.45. The zero-order chi connectivity index (χ0) is 23.2. The van der Waals surface area contributed by atoms with Crippen LogP contribution in [0.15, 0.2) is 24.3 Å². The number of amides is 2. The highest BCUT2D eigenvalue weighted by Gasteiger charge is 2.54. The molecule has 0 radical (unpaired) electrons. The zero-order valence-electron chi connectivity index (χ0n) is 19.4. The quantitative estimate of drug-likeness (QED) is 0.704. The summed E-state index contributed by atoms with van der Waals surface area (Å²) < 4.78 is 13.5. The molecule has 6 nitrogen and oxygen atoms in total. The first-order valence-corrected chi connectivity index (χ1v) is 11.6. The number of hydrogen-bond donors (Lipinski definition) is 0. The van der Waals surface area contributed by atoms with Gasteiger partial charge in [-0.3, -0.25) is 14.5 Å². The number of benzene rings is 1. The van der Waals surface area contributed by atoms with Crippen molar-refractivity contribution < 1.29 is 14.0 Å². The molecule has 2 bridgehead atoms. The van der Waals surface area contributed by atoms with Crippen molar-refractivity contribution in [3.63, 3.8) is 0 Å². The lowest BCUT2D eigenvalue weighted by Crippen LogP contribution is -2.55. The van der Waals surface area contributed by atoms with Gasteiger partial charge in [-0.1, -0.05) is 39.8 Å². The molecule has 4 rings (SSSR count). The molecular formula is C25H33FN4O2. The smallest absolute Gasteiger partial charge is 0.240 e. The number of carbonyl (C=O) groups is 2. The third-order valence-electron chi connectivity index (χ3n) is 7.21. The standard InChI is InChI=1S/C25H33FN4O2/c1-16(23(31)29-11-5-6-19(29)13-27)14-28-15-20-12-21(28)24(32)30(20)22(25(2,3)4)17-7-9-18(26)10-8-17/h7-10,16,19-22H,5-6,11-12,14-15H2,1-4H3/t16-,19-,20+,21+,22+/m0/s1. The van der Waals surface area contributed by atoms with E-state index < -0.39 is 0 Å². The van der Waals surface area contributed by atoms with E-state index in [1.54, 1.807) is 17.0 Å². The average molecular weight is 441 g/mol. The van der Waals surface area contributed by atoms with Crippen molar-refractivity contribution in [3.8, 4) is 6.07 Å². The molecule has 0 N–H and O–H groups in total. The van der Waals surface area contributed by atoms with Crippen molar-refractivity contribution in [2.45, 2.75) is 71.1 Å². The van der Waals surface area contributed by atoms with E-state index in [1.807, 2.05) is 11.8 Å². The first-order chi connectivity index (χ1) is 15.1. The third kappa shape index (κ3) is 4.01. The molecule has 5 atom stereocenters. The molecule has 7 heteroatoms. The Morgan fingerprint density at radius 1 is 1.28 bits per heavy atom. The largest absolute Gasteiger partial charge is 0.329 e. The Balaban J connectivity index is 1.47. The Morgan fingerprint density at radius 3 is 2.56 bits per heavy atom. The monoisotopic (exact) mass is 440 g/mol. The molecule has 3 aliphatic rings. The molecule has 1 aromatic carbocycles. The van der Waals surface area contributed by atoms with E-state index >= 15 is 0 Å². The van der Waals surface area contributed by atoms with E-state index in [4.69, 9.17) is 0 Å². The van der Waals surface area contributed by atoms with Crippen LogP contribution in [-0.2, 0) is 9.59 Å². The van der Waals surface area contributed by atoms with Gasteiger partial charge in [0.05, 0.1) is 18.2 Å². The van der Waals surface area contributed by atoms with Crippen LogP contribution in [0.25, 0.3) is 0 Å². The lowest BCUT2D eigenvalue weighted by atomic mass is 9.80. The van der Waals surface area contributed by atoms with Crippen LogP contribution in [-0.4, -0.2) is 64.3 Å². The predicted octanol–water partition coefficient (Wildman–Crippen LogP) is 3.35. The maximum atomic E-state index is 13.5. The van der Waals surface area contributed by atoms with Crippen molar-refractivity contribution >= 4 is 11.8 Å². The minimum Gasteiger partial charge on any atom is -0.329 e. The Labute approximate surface area is 190 Å². The minimum absolute atomic E-state index is 0.0139. The molecule has 1 aromatic rings. The van der Waals surface area contributed by atoms with Gasteiger partial charge in [0.2, 0.25) is 11.8 Å². The molecule has 3 heterocycles. The second-order valence-corrected chi connectivity index (χ2v) is 10.6. The van der Waals surface area contributed by atoms with Gasteiger partial charge in [-0.2, -0.15) is 5.26 Å². The van der Waals surface area contributed by atoms with E-state index in [2.05, 4.69) is 31.7 Å². The number of nitrogens with zero attached hydrogens (tertiary/aromatic N) is 4. The van der Waals surface area contributed by atoms with E-state index in [0.29, 0.717) is 13.1 Å². The average Bonchev–Trinajstić information content (AvgIpc) is 3.44. The molecule has 2 amide bonds. The fourth-order valence-electron chi connectivity index (χ4n) is 5.83. The number of hydrogen-bond acceptors (Lipinski definition) is 4. The Morgan fingerprint density at radius 2 is 1.97 bits per heavy atom. The van der Waals surface area contributed by atoms with Crippen LogP contribution in [0.4, 0.5) is 4.39 Å². The van der Waals surface area contributed by atoms with Gasteiger partial charge in [0, 0.05) is 31.6 Å². The summed E-state index contributed by atoms with van der Waals surface area (Å²) in [5.41, 5.74) is 0.750. The van der Waals surface area contributed by atoms with Crippen LogP contribution < -0.4 is 0 Å². The van der Waals surface area contributed by atoms with E-state index in [1.165, 1.54) is 12.1 Å². The van der Waals surface area contributed by atoms with Gasteiger partial charge in [0.1, 0.15) is 11.9 Å². The molecule has 0 aliphatic carbocycles. The summed E-state index contributed by atoms with van der Waals surface area (Å²) in [4.78, 5) is 32.3. The van der Waals surface area contributed by atoms with Crippen LogP contribution in [0.1, 0.15) is 58.6 Å². The zero-order valence-corrected chi connectivity index (χ0v) is 19.4. The number of likely N-dealkylation sites (tertiary alicyclic amines) is 3. The number of piperazine rings is 1. The minimum atomic E-state index is -0.319. The lowest BCUT2D eigenvalue weighted by Gasteiger charge is -2.45. The van der Waals surface area contributed by atoms with Crippen LogP contribution in [0.5, 0.6) is 0 Å². The van der Waals surface area contributed by atoms with Gasteiger partial charge in [0.25, 0.3) is 0 Å². The second-order valence-electron chi connectivity index (χ2n) is 10.6. The number of rotatable bonds is 5. The van der Waals surface area contributed by atoms with Gasteiger partial charge in [-0.15, -0.1) is 0 Å². The molecule has 32 heavy (non-hydrogen) atoms. The van der Waals surface area contributed by atoms with Crippen molar-refractivity contribution in [1.82, 2.24) is 14.7 Å². The van der Waals surface area contributed by atoms with Gasteiger partial charge in [-0.05, 0) is 42.4 Å². The SMILES string of the molecule is C[C@@H](CN1C[C@H]2C[C@@H]1C(=O)N2[C@H](c1ccc(F)cc1)C(C)(C)C)C(=O)N1CCC[C@H]1C#N. The van der Waals surface area contributed by atoms with Gasteiger partial charge < -0.3 is 9.80 Å². The van der Waals surface area contributed by atoms with Gasteiger partial charge in [0.15, 0.2) is 0 Å². The molecule has 0 saturated carbocycles. The fraction of sp³-hybridized carbons (Fsp3) is 0.640. The second kappa shape index (κ2) is 8.47. The summed E-state index contributed by atoms with van der Waals surface area (Å²) in [5.74, 6) is -0.418. The number of carbonyl (C=O) groups excluding carboxylic acids is 2. The third-order valence-corrected chi connectivity index (χ3v) is 7.21. The summed E-state index contributed by atoms with van der Waals surface area (Å²) in [6, 6.07) is 8.13. The highest BCUT2D eigenvalue weighted by atomic mass is 19.1. The van der Waals surface area contributed by atoms with Crippen molar-refractivity contribution in [2.24, 2.45) is 11.3 Å². The molecule has 172 valence electrons. The molecular weight excluding hydrogens is 407 g/mol. The predicted molar refractivity (Wildman–Crippen MR) is 119 cm³/mol. The number of halogens is 1. The van der Waals surface area contributed by atoms with E-state index in [-0.39, 0.29) is 53.1 Å². The molecule has 3 fully saturated rings. The van der Waals surface area contributed by atoms with E-state index in [9.17, 15) is 19.2 Å². The first-order valence-electron chi connectivity index (χ1n) is 11.6. The highest BCUT2D eigenvalue weighted by molar-refractivity contribution is 5.86. The normalized spacial score (nSPS) is 27.6. The molecule has 0 spiro atoms. The topological polar surface area (TPSA) is 67.7 Å². The van der Waals surface area contributed by atoms with Crippen LogP contribution in [0.2, 0.25) is 0 Å². The molecule has 3 aliphatic heterocycles. The summed E-state index contributed by atoms with van der Waals surface area (Å²) in [7, 11) is 0. The Hall–Kier alpha value is -2.46. The van der Waals surface area contributed by atoms with Crippen LogP contribution in [0.3, 0.4) is 0 Å². The number of fused-ring (bicyclic) bond motifs is 2. The lowest BCUT2D eigenvalue weighted by molar-refractivity contribution is -0.144. The first kappa shape index (κ1) is 22.7. The summed E-state index contributed by atoms with van der Waals surface area (Å²) in [6.07, 6.45) is 2.38. The summed E-state index contributed by atoms with van der Waals surface area (Å²) >= 11 is 0. The van der Waals surface area contributed by atoms with Crippen molar-refractivity contribution in [2.75, 3.05) is 19.6 Å². The van der Waals surface area contributed by atoms with Crippen LogP contribution >= 0.6 is 0 Å². The number of nitriles is 1. The molecule has 3 saturated heterocycles. The molecule has 0 unspecified atom stereocenters. The van der Waals surface area contributed by atoms with E-state index in [0.717, 1.165) is 31.4 Å². The maximum Gasteiger partial charge on any atom is 0.240 e. The maximum absolute atomic E-state index is 13.5. The van der Waals surface area contributed by atoms with Gasteiger partial charge >= 0.3 is 0 Å². The van der Waals surface area contributed by atoms with Crippen molar-refractivity contribution in [3.05, 3.63) is 35.6 Å². The van der Waals surface area contributed by atoms with Gasteiger partial charge in [-0.25, -0.2) is 4.39 Å². The Kier molecular flexibility index (Phi) is 6.02. The summed E-state index contributed by atoms with van der Waals surface area (Å²) in [6.45, 7) is 10.2.